The van der Waals surface area contributed by atoms with Crippen molar-refractivity contribution in [2.75, 3.05) is 6.61 Å². The molecule has 3 rings (SSSR count). The molecule has 0 aliphatic carbocycles. The summed E-state index contributed by atoms with van der Waals surface area (Å²) in [6.45, 7) is 4.30. The van der Waals surface area contributed by atoms with Gasteiger partial charge in [0.1, 0.15) is 24.0 Å². The molecule has 0 saturated carbocycles. The highest BCUT2D eigenvalue weighted by Crippen LogP contribution is 2.46. The Balaban J connectivity index is 1.79. The van der Waals surface area contributed by atoms with Crippen LogP contribution in [-0.2, 0) is 23.4 Å². The quantitative estimate of drug-likeness (QED) is 0.235. The molecule has 1 aliphatic rings. The summed E-state index contributed by atoms with van der Waals surface area (Å²) in [6, 6.07) is 8.18. The van der Waals surface area contributed by atoms with Crippen LogP contribution in [0.5, 0.6) is 5.75 Å². The number of benzene rings is 1. The van der Waals surface area contributed by atoms with Crippen molar-refractivity contribution in [3.8, 4) is 18.1 Å². The third-order valence-electron chi connectivity index (χ3n) is 5.12. The molecule has 3 N–H and O–H groups in total. The Morgan fingerprint density at radius 1 is 1.28 bits per heavy atom. The summed E-state index contributed by atoms with van der Waals surface area (Å²) in [5.41, 5.74) is -1.39. The smallest absolute Gasteiger partial charge is 0.459 e. The fraction of sp³-hybridized carbons (Fsp3) is 0.435. The molecule has 6 unspecified atom stereocenters. The Morgan fingerprint density at radius 3 is 2.58 bits per heavy atom. The van der Waals surface area contributed by atoms with E-state index in [0.717, 1.165) is 10.6 Å². The lowest BCUT2D eigenvalue weighted by Crippen LogP contribution is -2.37. The SMILES string of the molecule is C#CC1C(O)C(COP(=O)(NC(C)C(=O)OC(C)C)Oc2ccccc2)OC1n1ccc(=O)[nH]c1=O. The average Bonchev–Trinajstić information content (AvgIpc) is 3.12. The van der Waals surface area contributed by atoms with Gasteiger partial charge in [-0.2, -0.15) is 5.09 Å². The molecule has 1 saturated heterocycles. The Morgan fingerprint density at radius 2 is 1.97 bits per heavy atom. The van der Waals surface area contributed by atoms with Crippen LogP contribution in [0.3, 0.4) is 0 Å². The summed E-state index contributed by atoms with van der Waals surface area (Å²) in [5, 5.41) is 13.3. The Kier molecular flexibility index (Phi) is 8.89. The van der Waals surface area contributed by atoms with Crippen molar-refractivity contribution in [2.45, 2.75) is 51.4 Å². The highest BCUT2D eigenvalue weighted by molar-refractivity contribution is 7.52. The zero-order valence-electron chi connectivity index (χ0n) is 19.9. The minimum Gasteiger partial charge on any atom is -0.462 e. The van der Waals surface area contributed by atoms with Crippen molar-refractivity contribution in [3.63, 3.8) is 0 Å². The molecule has 0 bridgehead atoms. The van der Waals surface area contributed by atoms with Gasteiger partial charge in [0, 0.05) is 12.3 Å². The van der Waals surface area contributed by atoms with Gasteiger partial charge in [0.05, 0.1) is 18.6 Å². The molecule has 6 atom stereocenters. The second-order valence-electron chi connectivity index (χ2n) is 8.30. The lowest BCUT2D eigenvalue weighted by Gasteiger charge is -2.25. The van der Waals surface area contributed by atoms with Gasteiger partial charge in [0.15, 0.2) is 6.23 Å². The summed E-state index contributed by atoms with van der Waals surface area (Å²) in [6.07, 6.45) is 2.80. The van der Waals surface area contributed by atoms with Gasteiger partial charge in [0.2, 0.25) is 0 Å². The Bertz CT molecular complexity index is 1250. The first-order chi connectivity index (χ1) is 17.0. The van der Waals surface area contributed by atoms with Crippen molar-refractivity contribution in [2.24, 2.45) is 5.92 Å². The van der Waals surface area contributed by atoms with Crippen LogP contribution >= 0.6 is 7.75 Å². The number of hydrogen-bond donors (Lipinski definition) is 3. The van der Waals surface area contributed by atoms with E-state index in [1.165, 1.54) is 13.1 Å². The number of aromatic nitrogens is 2. The number of aliphatic hydroxyl groups excluding tert-OH is 1. The van der Waals surface area contributed by atoms with Crippen LogP contribution in [0.15, 0.2) is 52.2 Å². The van der Waals surface area contributed by atoms with Gasteiger partial charge >= 0.3 is 19.4 Å². The molecule has 1 aromatic carbocycles. The molecule has 1 aromatic heterocycles. The van der Waals surface area contributed by atoms with Crippen molar-refractivity contribution >= 4 is 13.7 Å². The average molecular weight is 521 g/mol. The first-order valence-corrected chi connectivity index (χ1v) is 12.7. The molecule has 12 nitrogen and oxygen atoms in total. The number of hydrogen-bond acceptors (Lipinski definition) is 9. The molecule has 194 valence electrons. The predicted octanol–water partition coefficient (Wildman–Crippen LogP) is 1.18. The Hall–Kier alpha value is -3.20. The van der Waals surface area contributed by atoms with E-state index in [1.54, 1.807) is 44.2 Å². The number of nitrogens with one attached hydrogen (secondary N) is 2. The number of rotatable bonds is 10. The van der Waals surface area contributed by atoms with Gasteiger partial charge in [-0.3, -0.25) is 23.7 Å². The van der Waals surface area contributed by atoms with Crippen molar-refractivity contribution in [3.05, 3.63) is 63.4 Å². The monoisotopic (exact) mass is 521 g/mol. The van der Waals surface area contributed by atoms with Gasteiger partial charge in [-0.05, 0) is 32.9 Å². The molecular weight excluding hydrogens is 493 g/mol. The fourth-order valence-electron chi connectivity index (χ4n) is 3.44. The molecule has 36 heavy (non-hydrogen) atoms. The van der Waals surface area contributed by atoms with Crippen LogP contribution in [0.1, 0.15) is 27.0 Å². The number of nitrogens with zero attached hydrogens (tertiary/aromatic N) is 1. The van der Waals surface area contributed by atoms with Gasteiger partial charge in [-0.15, -0.1) is 6.42 Å². The second-order valence-corrected chi connectivity index (χ2v) is 9.99. The normalized spacial score (nSPS) is 24.0. The highest BCUT2D eigenvalue weighted by atomic mass is 31.2. The maximum absolute atomic E-state index is 13.6. The van der Waals surface area contributed by atoms with E-state index >= 15 is 0 Å². The van der Waals surface area contributed by atoms with E-state index in [-0.39, 0.29) is 5.75 Å². The summed E-state index contributed by atoms with van der Waals surface area (Å²) < 4.78 is 36.7. The van der Waals surface area contributed by atoms with Crippen molar-refractivity contribution in [1.29, 1.82) is 0 Å². The number of carbonyl (C=O) groups is 1. The molecular formula is C23H28N3O9P. The molecule has 1 aliphatic heterocycles. The molecule has 2 heterocycles. The van der Waals surface area contributed by atoms with E-state index in [9.17, 15) is 24.1 Å². The van der Waals surface area contributed by atoms with Crippen molar-refractivity contribution in [1.82, 2.24) is 14.6 Å². The molecule has 2 aromatic rings. The van der Waals surface area contributed by atoms with Gasteiger partial charge < -0.3 is 19.1 Å². The number of ether oxygens (including phenoxy) is 2. The standard InChI is InChI=1S/C23H28N3O9P/c1-5-17-20(28)18(34-21(17)26-12-11-19(27)24-23(26)30)13-32-36(31,35-16-9-7-6-8-10-16)25-15(4)22(29)33-14(2)3/h1,6-12,14-15,17-18,20-21,28H,13H2,2-4H3,(H,25,31)(H,24,27,30). The number of aliphatic hydroxyl groups is 1. The van der Waals surface area contributed by atoms with Crippen LogP contribution in [0.2, 0.25) is 0 Å². The predicted molar refractivity (Wildman–Crippen MR) is 128 cm³/mol. The van der Waals surface area contributed by atoms with Crippen LogP contribution in [0.25, 0.3) is 0 Å². The first-order valence-electron chi connectivity index (χ1n) is 11.1. The van der Waals surface area contributed by atoms with E-state index in [0.29, 0.717) is 0 Å². The molecule has 13 heteroatoms. The minimum atomic E-state index is -4.22. The number of para-hydroxylation sites is 1. The third kappa shape index (κ3) is 6.72. The van der Waals surface area contributed by atoms with E-state index in [1.807, 2.05) is 0 Å². The maximum atomic E-state index is 13.6. The maximum Gasteiger partial charge on any atom is 0.459 e. The molecule has 1 fully saturated rings. The minimum absolute atomic E-state index is 0.199. The first kappa shape index (κ1) is 27.4. The van der Waals surface area contributed by atoms with Crippen molar-refractivity contribution < 1.29 is 33.0 Å². The van der Waals surface area contributed by atoms with Gasteiger partial charge in [-0.25, -0.2) is 9.36 Å². The number of carbonyl (C=O) groups excluding carboxylic acids is 1. The summed E-state index contributed by atoms with van der Waals surface area (Å²) >= 11 is 0. The third-order valence-corrected chi connectivity index (χ3v) is 6.77. The van der Waals surface area contributed by atoms with Crippen LogP contribution in [-0.4, -0.2) is 51.6 Å². The van der Waals surface area contributed by atoms with E-state index in [4.69, 9.17) is 24.9 Å². The van der Waals surface area contributed by atoms with Gasteiger partial charge in [0.25, 0.3) is 5.56 Å². The van der Waals surface area contributed by atoms with Crippen LogP contribution < -0.4 is 20.9 Å². The molecule has 0 amide bonds. The topological polar surface area (TPSA) is 158 Å². The number of esters is 1. The van der Waals surface area contributed by atoms with Crippen LogP contribution in [0.4, 0.5) is 0 Å². The van der Waals surface area contributed by atoms with Gasteiger partial charge in [-0.1, -0.05) is 24.1 Å². The summed E-state index contributed by atoms with van der Waals surface area (Å²) in [7, 11) is -4.22. The summed E-state index contributed by atoms with van der Waals surface area (Å²) in [5.74, 6) is 0.920. The second kappa shape index (κ2) is 11.7. The largest absolute Gasteiger partial charge is 0.462 e. The number of terminal acetylenes is 1. The number of aromatic amines is 1. The van der Waals surface area contributed by atoms with E-state index in [2.05, 4.69) is 16.0 Å². The zero-order chi connectivity index (χ0) is 26.5. The zero-order valence-corrected chi connectivity index (χ0v) is 20.8. The fourth-order valence-corrected chi connectivity index (χ4v) is 4.94. The molecule has 0 radical (unpaired) electrons. The molecule has 0 spiro atoms. The summed E-state index contributed by atoms with van der Waals surface area (Å²) in [4.78, 5) is 38.0. The van der Waals surface area contributed by atoms with E-state index < -0.39 is 68.1 Å². The Labute approximate surface area is 207 Å². The lowest BCUT2D eigenvalue weighted by atomic mass is 10.0. The highest BCUT2D eigenvalue weighted by Gasteiger charge is 2.45. The number of H-pyrrole nitrogens is 1. The van der Waals surface area contributed by atoms with Crippen LogP contribution in [0, 0.1) is 18.3 Å². The lowest BCUT2D eigenvalue weighted by molar-refractivity contribution is -0.149.